The van der Waals surface area contributed by atoms with Crippen LogP contribution in [0.2, 0.25) is 0 Å². The van der Waals surface area contributed by atoms with Crippen molar-refractivity contribution in [1.29, 1.82) is 0 Å². The first-order chi connectivity index (χ1) is 20.4. The molecule has 2 aliphatic heterocycles. The predicted octanol–water partition coefficient (Wildman–Crippen LogP) is 9.12. The predicted molar refractivity (Wildman–Crippen MR) is 152 cm³/mol. The van der Waals surface area contributed by atoms with Crippen molar-refractivity contribution in [2.45, 2.75) is 75.3 Å². The van der Waals surface area contributed by atoms with Crippen LogP contribution in [0.3, 0.4) is 0 Å². The molecular weight excluding hydrogens is 586 g/mol. The summed E-state index contributed by atoms with van der Waals surface area (Å²) in [5.74, 6) is 0.0987. The molecule has 1 aromatic heterocycles. The zero-order chi connectivity index (χ0) is 30.4. The Labute approximate surface area is 250 Å². The first kappa shape index (κ1) is 29.8. The molecule has 2 saturated heterocycles. The molecule has 0 amide bonds. The van der Waals surface area contributed by atoms with E-state index in [1.165, 1.54) is 0 Å². The minimum Gasteiger partial charge on any atom is -0.371 e. The fourth-order valence-corrected chi connectivity index (χ4v) is 7.84. The summed E-state index contributed by atoms with van der Waals surface area (Å²) in [5, 5.41) is 3.07. The SMILES string of the molecule is Cc1csc([C@@H]2C[C@@]3(c4ccccc4)[C@H](OCc4cc(C(F)(F)F)cc(C(F)(F)F)c4)CC[C@@H]2N3Cc2ccccc2)n1. The van der Waals surface area contributed by atoms with Crippen LogP contribution in [0, 0.1) is 6.92 Å². The summed E-state index contributed by atoms with van der Waals surface area (Å²) < 4.78 is 87.9. The molecule has 3 heterocycles. The highest BCUT2D eigenvalue weighted by molar-refractivity contribution is 7.09. The van der Waals surface area contributed by atoms with Crippen molar-refractivity contribution < 1.29 is 31.1 Å². The van der Waals surface area contributed by atoms with Gasteiger partial charge in [-0.2, -0.15) is 26.3 Å². The van der Waals surface area contributed by atoms with Crippen LogP contribution in [-0.4, -0.2) is 22.0 Å². The van der Waals surface area contributed by atoms with E-state index >= 15 is 0 Å². The van der Waals surface area contributed by atoms with Crippen LogP contribution in [0.1, 0.15) is 63.7 Å². The van der Waals surface area contributed by atoms with Crippen LogP contribution in [0.4, 0.5) is 26.3 Å². The summed E-state index contributed by atoms with van der Waals surface area (Å²) >= 11 is 1.63. The maximum absolute atomic E-state index is 13.6. The van der Waals surface area contributed by atoms with E-state index in [1.54, 1.807) is 11.3 Å². The van der Waals surface area contributed by atoms with E-state index in [0.29, 0.717) is 19.4 Å². The number of ether oxygens (including phenoxy) is 1. The van der Waals surface area contributed by atoms with Crippen molar-refractivity contribution in [2.24, 2.45) is 0 Å². The Kier molecular flexibility index (Phi) is 7.89. The molecule has 0 saturated carbocycles. The van der Waals surface area contributed by atoms with Crippen molar-refractivity contribution in [3.05, 3.63) is 123 Å². The number of aromatic nitrogens is 1. The standard InChI is InChI=1S/C33H30F6N2OS/c1-21-20-43-30(40-21)27-17-31(24-10-6-3-7-11-24)29(13-12-28(27)41(31)18-22-8-4-2-5-9-22)42-19-23-14-25(32(34,35)36)16-26(15-23)33(37,38)39/h2-11,14-16,20,27-29H,12-13,17-19H2,1H3/t27-,28+,29-,31-/m1/s1. The van der Waals surface area contributed by atoms with Crippen molar-refractivity contribution in [2.75, 3.05) is 0 Å². The Balaban J connectivity index is 1.41. The molecule has 0 aliphatic carbocycles. The zero-order valence-electron chi connectivity index (χ0n) is 23.3. The summed E-state index contributed by atoms with van der Waals surface area (Å²) in [7, 11) is 0. The summed E-state index contributed by atoms with van der Waals surface area (Å²) in [6.07, 6.45) is -8.29. The Hall–Kier alpha value is -3.21. The lowest BCUT2D eigenvalue weighted by atomic mass is 9.78. The molecule has 3 aromatic carbocycles. The van der Waals surface area contributed by atoms with Crippen molar-refractivity contribution in [3.8, 4) is 0 Å². The van der Waals surface area contributed by atoms with Crippen LogP contribution in [0.25, 0.3) is 0 Å². The number of halogens is 6. The molecule has 0 spiro atoms. The molecule has 10 heteroatoms. The molecule has 6 rings (SSSR count). The molecule has 2 fully saturated rings. The van der Waals surface area contributed by atoms with Gasteiger partial charge in [-0.15, -0.1) is 11.3 Å². The van der Waals surface area contributed by atoms with E-state index in [1.807, 2.05) is 60.8 Å². The van der Waals surface area contributed by atoms with Gasteiger partial charge in [0.2, 0.25) is 0 Å². The molecule has 0 unspecified atom stereocenters. The molecular formula is C33H30F6N2OS. The molecule has 2 aliphatic rings. The largest absolute Gasteiger partial charge is 0.416 e. The van der Waals surface area contributed by atoms with Gasteiger partial charge in [0.1, 0.15) is 0 Å². The quantitative estimate of drug-likeness (QED) is 0.194. The molecule has 2 bridgehead atoms. The average Bonchev–Trinajstić information content (AvgIpc) is 3.49. The number of thiazole rings is 1. The highest BCUT2D eigenvalue weighted by Gasteiger charge is 2.60. The second-order valence-electron chi connectivity index (χ2n) is 11.4. The van der Waals surface area contributed by atoms with Gasteiger partial charge in [-0.25, -0.2) is 4.98 Å². The number of hydrogen-bond donors (Lipinski definition) is 0. The number of benzene rings is 3. The lowest BCUT2D eigenvalue weighted by molar-refractivity contribution is -0.143. The average molecular weight is 617 g/mol. The topological polar surface area (TPSA) is 25.4 Å². The van der Waals surface area contributed by atoms with Crippen molar-refractivity contribution >= 4 is 11.3 Å². The van der Waals surface area contributed by atoms with E-state index in [-0.39, 0.29) is 30.2 Å². The number of fused-ring (bicyclic) bond motifs is 2. The second kappa shape index (κ2) is 11.4. The molecule has 4 atom stereocenters. The lowest BCUT2D eigenvalue weighted by Crippen LogP contribution is -2.56. The number of hydrogen-bond acceptors (Lipinski definition) is 4. The number of nitrogens with zero attached hydrogens (tertiary/aromatic N) is 2. The van der Waals surface area contributed by atoms with Crippen LogP contribution in [0.15, 0.2) is 84.2 Å². The van der Waals surface area contributed by atoms with Crippen LogP contribution in [-0.2, 0) is 35.8 Å². The van der Waals surface area contributed by atoms with Gasteiger partial charge in [0.25, 0.3) is 0 Å². The lowest BCUT2D eigenvalue weighted by Gasteiger charge is -2.50. The van der Waals surface area contributed by atoms with Gasteiger partial charge in [-0.05, 0) is 61.1 Å². The normalized spacial score (nSPS) is 24.4. The monoisotopic (exact) mass is 616 g/mol. The fraction of sp³-hybridized carbons (Fsp3) is 0.364. The van der Waals surface area contributed by atoms with Gasteiger partial charge in [-0.1, -0.05) is 60.7 Å². The molecule has 43 heavy (non-hydrogen) atoms. The Bertz CT molecular complexity index is 1520. The van der Waals surface area contributed by atoms with Gasteiger partial charge in [0.15, 0.2) is 0 Å². The van der Waals surface area contributed by atoms with Gasteiger partial charge in [0.05, 0.1) is 34.4 Å². The van der Waals surface area contributed by atoms with Crippen molar-refractivity contribution in [1.82, 2.24) is 9.88 Å². The maximum atomic E-state index is 13.6. The fourth-order valence-electron chi connectivity index (χ4n) is 6.89. The first-order valence-electron chi connectivity index (χ1n) is 14.1. The van der Waals surface area contributed by atoms with Crippen LogP contribution >= 0.6 is 11.3 Å². The maximum Gasteiger partial charge on any atom is 0.416 e. The number of piperidine rings is 1. The van der Waals surface area contributed by atoms with E-state index in [9.17, 15) is 26.3 Å². The number of rotatable bonds is 7. The Morgan fingerprint density at radius 1 is 0.860 bits per heavy atom. The van der Waals surface area contributed by atoms with Gasteiger partial charge in [0, 0.05) is 29.6 Å². The van der Waals surface area contributed by atoms with Gasteiger partial charge in [-0.3, -0.25) is 4.90 Å². The minimum atomic E-state index is -4.92. The molecule has 0 N–H and O–H groups in total. The van der Waals surface area contributed by atoms with Gasteiger partial charge >= 0.3 is 12.4 Å². The number of alkyl halides is 6. The van der Waals surface area contributed by atoms with E-state index in [2.05, 4.69) is 17.0 Å². The third kappa shape index (κ3) is 5.84. The van der Waals surface area contributed by atoms with E-state index in [4.69, 9.17) is 9.72 Å². The first-order valence-corrected chi connectivity index (χ1v) is 15.0. The third-order valence-corrected chi connectivity index (χ3v) is 9.78. The molecule has 226 valence electrons. The van der Waals surface area contributed by atoms with Crippen molar-refractivity contribution in [3.63, 3.8) is 0 Å². The summed E-state index contributed by atoms with van der Waals surface area (Å²) in [6.45, 7) is 2.20. The zero-order valence-corrected chi connectivity index (χ0v) is 24.1. The van der Waals surface area contributed by atoms with Crippen LogP contribution < -0.4 is 0 Å². The Morgan fingerprint density at radius 3 is 2.07 bits per heavy atom. The summed E-state index contributed by atoms with van der Waals surface area (Å²) in [5.41, 5.74) is -0.441. The summed E-state index contributed by atoms with van der Waals surface area (Å²) in [6, 6.07) is 21.8. The van der Waals surface area contributed by atoms with Crippen LogP contribution in [0.5, 0.6) is 0 Å². The summed E-state index contributed by atoms with van der Waals surface area (Å²) in [4.78, 5) is 7.29. The number of aryl methyl sites for hydroxylation is 1. The minimum absolute atomic E-state index is 0.0987. The van der Waals surface area contributed by atoms with E-state index in [0.717, 1.165) is 40.4 Å². The molecule has 3 nitrogen and oxygen atoms in total. The molecule has 4 aromatic rings. The van der Waals surface area contributed by atoms with Gasteiger partial charge < -0.3 is 4.74 Å². The van der Waals surface area contributed by atoms with E-state index < -0.39 is 35.1 Å². The third-order valence-electron chi connectivity index (χ3n) is 8.69. The smallest absolute Gasteiger partial charge is 0.371 e. The highest BCUT2D eigenvalue weighted by atomic mass is 32.1. The second-order valence-corrected chi connectivity index (χ2v) is 12.3. The Morgan fingerprint density at radius 2 is 1.49 bits per heavy atom. The molecule has 0 radical (unpaired) electrons. The highest BCUT2D eigenvalue weighted by Crippen LogP contribution is 2.58.